The van der Waals surface area contributed by atoms with E-state index in [1.165, 1.54) is 32.1 Å². The highest BCUT2D eigenvalue weighted by Gasteiger charge is 2.27. The summed E-state index contributed by atoms with van der Waals surface area (Å²) in [6.45, 7) is 5.88. The second-order valence-electron chi connectivity index (χ2n) is 8.41. The van der Waals surface area contributed by atoms with Gasteiger partial charge in [-0.3, -0.25) is 15.0 Å². The zero-order valence-corrected chi connectivity index (χ0v) is 17.9. The molecule has 1 heterocycles. The van der Waals surface area contributed by atoms with Crippen molar-refractivity contribution >= 4 is 17.6 Å². The Morgan fingerprint density at radius 2 is 1.67 bits per heavy atom. The molecular weight excluding hydrogens is 372 g/mol. The van der Waals surface area contributed by atoms with Crippen LogP contribution in [0.15, 0.2) is 59.6 Å². The first kappa shape index (κ1) is 20.6. The lowest BCUT2D eigenvalue weighted by atomic mass is 9.94. The fraction of sp³-hybridized carbons (Fsp3) is 0.440. The number of aryl methyl sites for hydroxylation is 1. The number of hydrogen-bond donors (Lipinski definition) is 1. The lowest BCUT2D eigenvalue weighted by Crippen LogP contribution is -2.55. The number of carbonyl (C=O) groups is 1. The van der Waals surface area contributed by atoms with E-state index < -0.39 is 0 Å². The molecule has 1 N–H and O–H groups in total. The zero-order valence-electron chi connectivity index (χ0n) is 17.9. The minimum absolute atomic E-state index is 0.114. The van der Waals surface area contributed by atoms with Crippen molar-refractivity contribution in [1.29, 1.82) is 0 Å². The molecule has 5 nitrogen and oxygen atoms in total. The van der Waals surface area contributed by atoms with Gasteiger partial charge in [0.1, 0.15) is 0 Å². The summed E-state index contributed by atoms with van der Waals surface area (Å²) < 4.78 is 0. The number of piperazine rings is 1. The maximum Gasteiger partial charge on any atom is 0.257 e. The number of carbonyl (C=O) groups excluding carboxylic acids is 1. The molecule has 0 bridgehead atoms. The van der Waals surface area contributed by atoms with Gasteiger partial charge in [0.15, 0.2) is 0 Å². The van der Waals surface area contributed by atoms with Crippen molar-refractivity contribution in [1.82, 2.24) is 15.1 Å². The van der Waals surface area contributed by atoms with E-state index in [0.29, 0.717) is 11.5 Å². The second-order valence-corrected chi connectivity index (χ2v) is 8.41. The van der Waals surface area contributed by atoms with E-state index in [9.17, 15) is 4.79 Å². The van der Waals surface area contributed by atoms with Crippen LogP contribution in [0.1, 0.15) is 48.0 Å². The topological polar surface area (TPSA) is 47.9 Å². The first-order chi connectivity index (χ1) is 14.7. The van der Waals surface area contributed by atoms with Crippen LogP contribution in [0.2, 0.25) is 0 Å². The lowest BCUT2D eigenvalue weighted by molar-refractivity contribution is 0.0943. The van der Waals surface area contributed by atoms with Gasteiger partial charge in [0.25, 0.3) is 5.91 Å². The van der Waals surface area contributed by atoms with Crippen molar-refractivity contribution in [2.24, 2.45) is 4.99 Å². The molecule has 1 saturated heterocycles. The van der Waals surface area contributed by atoms with Gasteiger partial charge < -0.3 is 4.90 Å². The highest BCUT2D eigenvalue weighted by Crippen LogP contribution is 2.24. The molecule has 2 aromatic carbocycles. The second kappa shape index (κ2) is 9.90. The van der Waals surface area contributed by atoms with Crippen molar-refractivity contribution < 1.29 is 4.79 Å². The molecule has 0 atom stereocenters. The smallest absolute Gasteiger partial charge is 0.257 e. The third-order valence-corrected chi connectivity index (χ3v) is 6.20. The van der Waals surface area contributed by atoms with Gasteiger partial charge in [-0.15, -0.1) is 0 Å². The van der Waals surface area contributed by atoms with Gasteiger partial charge >= 0.3 is 0 Å². The monoisotopic (exact) mass is 404 g/mol. The van der Waals surface area contributed by atoms with Crippen LogP contribution >= 0.6 is 0 Å². The molecule has 158 valence electrons. The SMILES string of the molecule is Cc1cccc(N=C(NC(=O)c2ccccc2)N2CCN(C3CCCCC3)CC2)c1. The summed E-state index contributed by atoms with van der Waals surface area (Å²) in [5.41, 5.74) is 2.68. The molecule has 4 rings (SSSR count). The minimum Gasteiger partial charge on any atom is -0.340 e. The maximum atomic E-state index is 12.8. The molecule has 0 aromatic heterocycles. The Labute approximate surface area is 179 Å². The van der Waals surface area contributed by atoms with Gasteiger partial charge in [-0.05, 0) is 49.6 Å². The first-order valence-electron chi connectivity index (χ1n) is 11.2. The molecule has 2 fully saturated rings. The largest absolute Gasteiger partial charge is 0.340 e. The Morgan fingerprint density at radius 3 is 2.37 bits per heavy atom. The fourth-order valence-electron chi connectivity index (χ4n) is 4.51. The average Bonchev–Trinajstić information content (AvgIpc) is 2.80. The molecule has 2 aromatic rings. The summed E-state index contributed by atoms with van der Waals surface area (Å²) in [4.78, 5) is 22.5. The number of hydrogen-bond acceptors (Lipinski definition) is 3. The molecule has 30 heavy (non-hydrogen) atoms. The Balaban J connectivity index is 1.49. The number of nitrogens with one attached hydrogen (secondary N) is 1. The van der Waals surface area contributed by atoms with Crippen molar-refractivity contribution in [2.75, 3.05) is 26.2 Å². The molecule has 1 saturated carbocycles. The normalized spacial score (nSPS) is 19.0. The van der Waals surface area contributed by atoms with Crippen molar-refractivity contribution in [3.8, 4) is 0 Å². The van der Waals surface area contributed by atoms with Gasteiger partial charge in [-0.1, -0.05) is 49.6 Å². The molecular formula is C25H32N4O. The minimum atomic E-state index is -0.114. The van der Waals surface area contributed by atoms with Gasteiger partial charge in [-0.2, -0.15) is 0 Å². The summed E-state index contributed by atoms with van der Waals surface area (Å²) in [6, 6.07) is 18.2. The van der Waals surface area contributed by atoms with Crippen LogP contribution in [0, 0.1) is 6.92 Å². The number of guanidine groups is 1. The number of nitrogens with zero attached hydrogens (tertiary/aromatic N) is 3. The Bertz CT molecular complexity index is 866. The standard InChI is InChI=1S/C25H32N4O/c1-20-9-8-12-22(19-20)26-25(27-24(30)21-10-4-2-5-11-21)29-17-15-28(16-18-29)23-13-6-3-7-14-23/h2,4-5,8-12,19,23H,3,6-7,13-18H2,1H3,(H,26,27,30). The first-order valence-corrected chi connectivity index (χ1v) is 11.2. The quantitative estimate of drug-likeness (QED) is 0.611. The molecule has 0 radical (unpaired) electrons. The van der Waals surface area contributed by atoms with Crippen LogP contribution in [0.4, 0.5) is 5.69 Å². The van der Waals surface area contributed by atoms with Crippen LogP contribution in [0.25, 0.3) is 0 Å². The number of amides is 1. The van der Waals surface area contributed by atoms with Crippen molar-refractivity contribution in [3.05, 3.63) is 65.7 Å². The summed E-state index contributed by atoms with van der Waals surface area (Å²) in [6.07, 6.45) is 6.76. The highest BCUT2D eigenvalue weighted by molar-refractivity contribution is 6.06. The summed E-state index contributed by atoms with van der Waals surface area (Å²) in [7, 11) is 0. The number of aliphatic imine (C=N–C) groups is 1. The van der Waals surface area contributed by atoms with E-state index in [1.54, 1.807) is 0 Å². The highest BCUT2D eigenvalue weighted by atomic mass is 16.1. The molecule has 1 aliphatic heterocycles. The summed E-state index contributed by atoms with van der Waals surface area (Å²) >= 11 is 0. The molecule has 2 aliphatic rings. The lowest BCUT2D eigenvalue weighted by Gasteiger charge is -2.41. The van der Waals surface area contributed by atoms with Gasteiger partial charge in [0.05, 0.1) is 5.69 Å². The Morgan fingerprint density at radius 1 is 0.933 bits per heavy atom. The van der Waals surface area contributed by atoms with Crippen molar-refractivity contribution in [3.63, 3.8) is 0 Å². The predicted octanol–water partition coefficient (Wildman–Crippen LogP) is 4.36. The van der Waals surface area contributed by atoms with Crippen LogP contribution in [-0.2, 0) is 0 Å². The number of rotatable bonds is 3. The zero-order chi connectivity index (χ0) is 20.8. The molecule has 1 aliphatic carbocycles. The van der Waals surface area contributed by atoms with Crippen LogP contribution in [0.3, 0.4) is 0 Å². The van der Waals surface area contributed by atoms with Gasteiger partial charge in [-0.25, -0.2) is 4.99 Å². The third-order valence-electron chi connectivity index (χ3n) is 6.20. The van der Waals surface area contributed by atoms with Gasteiger partial charge in [0, 0.05) is 37.8 Å². The van der Waals surface area contributed by atoms with Crippen LogP contribution in [-0.4, -0.2) is 53.9 Å². The van der Waals surface area contributed by atoms with E-state index in [2.05, 4.69) is 28.1 Å². The molecule has 0 spiro atoms. The predicted molar refractivity (Wildman–Crippen MR) is 122 cm³/mol. The van der Waals surface area contributed by atoms with E-state index in [1.807, 2.05) is 48.5 Å². The summed E-state index contributed by atoms with van der Waals surface area (Å²) in [5.74, 6) is 0.537. The number of benzene rings is 2. The fourth-order valence-corrected chi connectivity index (χ4v) is 4.51. The van der Waals surface area contributed by atoms with E-state index in [4.69, 9.17) is 4.99 Å². The maximum absolute atomic E-state index is 12.8. The van der Waals surface area contributed by atoms with E-state index in [0.717, 1.165) is 43.5 Å². The van der Waals surface area contributed by atoms with Gasteiger partial charge in [0.2, 0.25) is 5.96 Å². The molecule has 0 unspecified atom stereocenters. The van der Waals surface area contributed by atoms with Crippen LogP contribution in [0.5, 0.6) is 0 Å². The molecule has 1 amide bonds. The Kier molecular flexibility index (Phi) is 6.80. The van der Waals surface area contributed by atoms with E-state index >= 15 is 0 Å². The summed E-state index contributed by atoms with van der Waals surface area (Å²) in [5, 5.41) is 3.08. The average molecular weight is 405 g/mol. The van der Waals surface area contributed by atoms with E-state index in [-0.39, 0.29) is 5.91 Å². The molecule has 5 heteroatoms. The Hall–Kier alpha value is -2.66. The third kappa shape index (κ3) is 5.28. The van der Waals surface area contributed by atoms with Crippen molar-refractivity contribution in [2.45, 2.75) is 45.1 Å². The van der Waals surface area contributed by atoms with Crippen LogP contribution < -0.4 is 5.32 Å².